The van der Waals surface area contributed by atoms with Crippen LogP contribution in [0.2, 0.25) is 0 Å². The summed E-state index contributed by atoms with van der Waals surface area (Å²) in [6.07, 6.45) is 0.901. The van der Waals surface area contributed by atoms with Crippen molar-refractivity contribution in [1.29, 1.82) is 0 Å². The highest BCUT2D eigenvalue weighted by atomic mass is 16.4. The Balaban J connectivity index is 5.37. The van der Waals surface area contributed by atoms with Crippen LogP contribution in [0.1, 0.15) is 47.0 Å². The van der Waals surface area contributed by atoms with Crippen molar-refractivity contribution in [2.45, 2.75) is 65.1 Å². The van der Waals surface area contributed by atoms with Gasteiger partial charge in [-0.05, 0) is 31.1 Å². The summed E-state index contributed by atoms with van der Waals surface area (Å²) in [6, 6.07) is -3.01. The van der Waals surface area contributed by atoms with E-state index in [-0.39, 0.29) is 43.7 Å². The number of carboxylic acids is 1. The van der Waals surface area contributed by atoms with Gasteiger partial charge in [0.1, 0.15) is 18.1 Å². The summed E-state index contributed by atoms with van der Waals surface area (Å²) in [6.45, 7) is 7.03. The second kappa shape index (κ2) is 14.2. The molecule has 0 saturated carbocycles. The number of hydrogen-bond acceptors (Lipinski definition) is 6. The monoisotopic (exact) mass is 443 g/mol. The van der Waals surface area contributed by atoms with Crippen molar-refractivity contribution in [1.82, 2.24) is 16.0 Å². The Hall–Kier alpha value is -2.89. The number of amides is 3. The van der Waals surface area contributed by atoms with Gasteiger partial charge in [-0.1, -0.05) is 27.7 Å². The van der Waals surface area contributed by atoms with Crippen LogP contribution in [-0.4, -0.2) is 66.0 Å². The maximum Gasteiger partial charge on any atom is 0.326 e. The number of nitrogens with two attached hydrogens (primary N) is 3. The van der Waals surface area contributed by atoms with Crippen LogP contribution in [0.5, 0.6) is 0 Å². The van der Waals surface area contributed by atoms with Crippen LogP contribution in [0.25, 0.3) is 0 Å². The molecule has 0 aliphatic rings. The lowest BCUT2D eigenvalue weighted by atomic mass is 10.00. The molecule has 0 heterocycles. The zero-order chi connectivity index (χ0) is 24.1. The number of aliphatic imine (C=N–C) groups is 1. The Morgan fingerprint density at radius 1 is 0.935 bits per heavy atom. The SMILES string of the molecule is CC(C)CC(NC(=O)C(CCCN=C(N)N)NC(=O)CN)C(=O)NC(C(=O)O)C(C)C. The molecule has 10 N–H and O–H groups in total. The molecule has 0 saturated heterocycles. The molecule has 12 heteroatoms. The molecule has 3 unspecified atom stereocenters. The number of carbonyl (C=O) groups is 4. The fraction of sp³-hybridized carbons (Fsp3) is 0.737. The highest BCUT2D eigenvalue weighted by molar-refractivity contribution is 5.93. The standard InChI is InChI=1S/C19H37N7O5/c1-10(2)8-13(17(29)26-15(11(3)4)18(30)31)25-16(28)12(24-14(27)9-20)6-5-7-23-19(21)22/h10-13,15H,5-9,20H2,1-4H3,(H,24,27)(H,25,28)(H,26,29)(H,30,31)(H4,21,22,23). The zero-order valence-corrected chi connectivity index (χ0v) is 18.7. The lowest BCUT2D eigenvalue weighted by Gasteiger charge is -2.26. The van der Waals surface area contributed by atoms with E-state index in [0.29, 0.717) is 6.42 Å². The molecule has 12 nitrogen and oxygen atoms in total. The Labute approximate surface area is 182 Å². The number of nitrogens with zero attached hydrogens (tertiary/aromatic N) is 1. The Bertz CT molecular complexity index is 648. The summed E-state index contributed by atoms with van der Waals surface area (Å²) in [5.41, 5.74) is 15.9. The zero-order valence-electron chi connectivity index (χ0n) is 18.7. The van der Waals surface area contributed by atoms with Gasteiger partial charge < -0.3 is 38.3 Å². The van der Waals surface area contributed by atoms with Gasteiger partial charge >= 0.3 is 5.97 Å². The first kappa shape index (κ1) is 28.1. The van der Waals surface area contributed by atoms with E-state index in [1.807, 2.05) is 13.8 Å². The maximum absolute atomic E-state index is 12.8. The van der Waals surface area contributed by atoms with Gasteiger partial charge in [0.05, 0.1) is 6.54 Å². The van der Waals surface area contributed by atoms with Crippen molar-refractivity contribution in [3.63, 3.8) is 0 Å². The predicted octanol–water partition coefficient (Wildman–Crippen LogP) is -1.76. The summed E-state index contributed by atoms with van der Waals surface area (Å²) < 4.78 is 0. The van der Waals surface area contributed by atoms with E-state index in [1.54, 1.807) is 13.8 Å². The molecule has 0 aromatic carbocycles. The highest BCUT2D eigenvalue weighted by Crippen LogP contribution is 2.09. The third-order valence-electron chi connectivity index (χ3n) is 4.35. The second-order valence-electron chi connectivity index (χ2n) is 8.03. The molecule has 3 atom stereocenters. The van der Waals surface area contributed by atoms with Crippen molar-refractivity contribution in [2.75, 3.05) is 13.1 Å². The number of carbonyl (C=O) groups excluding carboxylic acids is 3. The van der Waals surface area contributed by atoms with Crippen molar-refractivity contribution < 1.29 is 24.3 Å². The Kier molecular flexibility index (Phi) is 12.9. The molecule has 0 aliphatic carbocycles. The minimum atomic E-state index is -1.16. The Morgan fingerprint density at radius 2 is 1.52 bits per heavy atom. The smallest absolute Gasteiger partial charge is 0.326 e. The van der Waals surface area contributed by atoms with Crippen LogP contribution >= 0.6 is 0 Å². The maximum atomic E-state index is 12.8. The average Bonchev–Trinajstić information content (AvgIpc) is 2.66. The van der Waals surface area contributed by atoms with Gasteiger partial charge in [0.25, 0.3) is 0 Å². The van der Waals surface area contributed by atoms with Gasteiger partial charge in [-0.2, -0.15) is 0 Å². The van der Waals surface area contributed by atoms with E-state index < -0.39 is 41.8 Å². The summed E-state index contributed by atoms with van der Waals surface area (Å²) >= 11 is 0. The van der Waals surface area contributed by atoms with Gasteiger partial charge in [-0.25, -0.2) is 4.79 Å². The summed E-state index contributed by atoms with van der Waals surface area (Å²) in [5, 5.41) is 16.9. The van der Waals surface area contributed by atoms with Crippen molar-refractivity contribution >= 4 is 29.7 Å². The van der Waals surface area contributed by atoms with Gasteiger partial charge in [-0.15, -0.1) is 0 Å². The molecule has 0 fully saturated rings. The van der Waals surface area contributed by atoms with E-state index in [4.69, 9.17) is 17.2 Å². The molecular formula is C19H37N7O5. The minimum absolute atomic E-state index is 0.0392. The summed E-state index contributed by atoms with van der Waals surface area (Å²) in [4.78, 5) is 52.5. The van der Waals surface area contributed by atoms with Crippen LogP contribution in [-0.2, 0) is 19.2 Å². The molecule has 0 aliphatic heterocycles. The number of nitrogens with one attached hydrogen (secondary N) is 3. The van der Waals surface area contributed by atoms with E-state index in [2.05, 4.69) is 20.9 Å². The van der Waals surface area contributed by atoms with E-state index in [0.717, 1.165) is 0 Å². The van der Waals surface area contributed by atoms with Crippen LogP contribution in [0, 0.1) is 11.8 Å². The molecular weight excluding hydrogens is 406 g/mol. The lowest BCUT2D eigenvalue weighted by molar-refractivity contribution is -0.143. The quantitative estimate of drug-likeness (QED) is 0.0924. The van der Waals surface area contributed by atoms with Crippen molar-refractivity contribution in [2.24, 2.45) is 34.0 Å². The number of hydrogen-bond donors (Lipinski definition) is 7. The van der Waals surface area contributed by atoms with Gasteiger partial charge in [0.2, 0.25) is 17.7 Å². The molecule has 0 radical (unpaired) electrons. The summed E-state index contributed by atoms with van der Waals surface area (Å²) in [5.74, 6) is -3.26. The third kappa shape index (κ3) is 11.8. The first-order valence-corrected chi connectivity index (χ1v) is 10.3. The van der Waals surface area contributed by atoms with E-state index >= 15 is 0 Å². The molecule has 0 aromatic heterocycles. The van der Waals surface area contributed by atoms with Crippen LogP contribution < -0.4 is 33.2 Å². The number of rotatable bonds is 14. The number of aliphatic carboxylic acids is 1. The largest absolute Gasteiger partial charge is 0.480 e. The fourth-order valence-corrected chi connectivity index (χ4v) is 2.77. The van der Waals surface area contributed by atoms with Crippen molar-refractivity contribution in [3.8, 4) is 0 Å². The predicted molar refractivity (Wildman–Crippen MR) is 117 cm³/mol. The van der Waals surface area contributed by atoms with Gasteiger partial charge in [-0.3, -0.25) is 19.4 Å². The lowest BCUT2D eigenvalue weighted by Crippen LogP contribution is -2.57. The van der Waals surface area contributed by atoms with Crippen molar-refractivity contribution in [3.05, 3.63) is 0 Å². The highest BCUT2D eigenvalue weighted by Gasteiger charge is 2.30. The van der Waals surface area contributed by atoms with Crippen LogP contribution in [0.3, 0.4) is 0 Å². The number of guanidine groups is 1. The van der Waals surface area contributed by atoms with E-state index in [1.165, 1.54) is 0 Å². The molecule has 178 valence electrons. The molecule has 0 aromatic rings. The third-order valence-corrected chi connectivity index (χ3v) is 4.35. The molecule has 0 rings (SSSR count). The minimum Gasteiger partial charge on any atom is -0.480 e. The summed E-state index contributed by atoms with van der Waals surface area (Å²) in [7, 11) is 0. The number of carboxylic acid groups (broad SMARTS) is 1. The Morgan fingerprint density at radius 3 is 1.97 bits per heavy atom. The second-order valence-corrected chi connectivity index (χ2v) is 8.03. The van der Waals surface area contributed by atoms with Crippen LogP contribution in [0.4, 0.5) is 0 Å². The van der Waals surface area contributed by atoms with Crippen LogP contribution in [0.15, 0.2) is 4.99 Å². The van der Waals surface area contributed by atoms with E-state index in [9.17, 15) is 24.3 Å². The average molecular weight is 444 g/mol. The molecule has 0 spiro atoms. The molecule has 31 heavy (non-hydrogen) atoms. The topological polar surface area (TPSA) is 215 Å². The first-order valence-electron chi connectivity index (χ1n) is 10.3. The molecule has 0 bridgehead atoms. The van der Waals surface area contributed by atoms with Gasteiger partial charge in [0.15, 0.2) is 5.96 Å². The first-order chi connectivity index (χ1) is 14.4. The van der Waals surface area contributed by atoms with Gasteiger partial charge in [0, 0.05) is 6.54 Å². The fourth-order valence-electron chi connectivity index (χ4n) is 2.77. The normalized spacial score (nSPS) is 13.8. The molecule has 3 amide bonds.